The molecular weight excluding hydrogens is 320 g/mol. The first kappa shape index (κ1) is 13.5. The second kappa shape index (κ2) is 5.46. The molecule has 3 rings (SSSR count). The minimum Gasteiger partial charge on any atom is -0.117 e. The summed E-state index contributed by atoms with van der Waals surface area (Å²) >= 11 is 10.5. The molecule has 2 heteroatoms. The summed E-state index contributed by atoms with van der Waals surface area (Å²) in [6, 6.07) is 12.8. The first-order valence-electron chi connectivity index (χ1n) is 6.99. The molecule has 0 nitrogen and oxygen atoms in total. The van der Waals surface area contributed by atoms with Gasteiger partial charge in [0.25, 0.3) is 0 Å². The van der Waals surface area contributed by atoms with Crippen molar-refractivity contribution in [2.75, 3.05) is 0 Å². The van der Waals surface area contributed by atoms with Crippen molar-refractivity contribution in [1.29, 1.82) is 0 Å². The summed E-state index contributed by atoms with van der Waals surface area (Å²) in [5.74, 6) is 1.36. The minimum absolute atomic E-state index is 0.135. The normalized spacial score (nSPS) is 24.8. The van der Waals surface area contributed by atoms with Crippen molar-refractivity contribution in [2.45, 2.75) is 31.6 Å². The summed E-state index contributed by atoms with van der Waals surface area (Å²) in [5.41, 5.74) is 1.29. The highest BCUT2D eigenvalue weighted by Crippen LogP contribution is 2.45. The molecule has 0 saturated heterocycles. The van der Waals surface area contributed by atoms with Gasteiger partial charge in [-0.05, 0) is 40.7 Å². The molecule has 0 aromatic heterocycles. The topological polar surface area (TPSA) is 0 Å². The molecule has 0 radical (unpaired) electrons. The van der Waals surface area contributed by atoms with Crippen molar-refractivity contribution in [1.82, 2.24) is 0 Å². The van der Waals surface area contributed by atoms with Crippen molar-refractivity contribution >= 4 is 38.3 Å². The first-order chi connectivity index (χ1) is 9.18. The van der Waals surface area contributed by atoms with Crippen LogP contribution in [0.15, 0.2) is 40.9 Å². The van der Waals surface area contributed by atoms with Gasteiger partial charge in [-0.3, -0.25) is 0 Å². The van der Waals surface area contributed by atoms with E-state index in [0.717, 1.165) is 10.4 Å². The Balaban J connectivity index is 2.07. The molecule has 3 unspecified atom stereocenters. The van der Waals surface area contributed by atoms with E-state index >= 15 is 0 Å². The van der Waals surface area contributed by atoms with Crippen LogP contribution in [-0.4, -0.2) is 0 Å². The summed E-state index contributed by atoms with van der Waals surface area (Å²) < 4.78 is 1.15. The van der Waals surface area contributed by atoms with Gasteiger partial charge in [-0.2, -0.15) is 0 Å². The highest BCUT2D eigenvalue weighted by molar-refractivity contribution is 9.10. The van der Waals surface area contributed by atoms with Crippen LogP contribution in [0.1, 0.15) is 37.1 Å². The zero-order valence-corrected chi connectivity index (χ0v) is 13.4. The molecule has 3 atom stereocenters. The van der Waals surface area contributed by atoms with Crippen LogP contribution in [-0.2, 0) is 0 Å². The molecule has 0 bridgehead atoms. The lowest BCUT2D eigenvalue weighted by molar-refractivity contribution is 0.407. The Bertz CT molecular complexity index is 593. The number of benzene rings is 2. The van der Waals surface area contributed by atoms with E-state index in [9.17, 15) is 0 Å². The third kappa shape index (κ3) is 2.43. The van der Waals surface area contributed by atoms with E-state index in [1.54, 1.807) is 0 Å². The molecule has 1 fully saturated rings. The monoisotopic (exact) mass is 336 g/mol. The lowest BCUT2D eigenvalue weighted by atomic mass is 9.88. The zero-order chi connectivity index (χ0) is 13.4. The van der Waals surface area contributed by atoms with Crippen LogP contribution >= 0.6 is 27.5 Å². The van der Waals surface area contributed by atoms with E-state index in [0.29, 0.717) is 5.92 Å². The van der Waals surface area contributed by atoms with Crippen molar-refractivity contribution in [2.24, 2.45) is 11.8 Å². The molecule has 0 amide bonds. The minimum atomic E-state index is 0.135. The summed E-state index contributed by atoms with van der Waals surface area (Å²) in [5, 5.41) is 2.68. The summed E-state index contributed by atoms with van der Waals surface area (Å²) in [6.07, 6.45) is 3.91. The van der Waals surface area contributed by atoms with Gasteiger partial charge in [0.15, 0.2) is 0 Å². The van der Waals surface area contributed by atoms with Gasteiger partial charge in [0.05, 0.1) is 5.38 Å². The highest BCUT2D eigenvalue weighted by Gasteiger charge is 2.31. The summed E-state index contributed by atoms with van der Waals surface area (Å²) in [7, 11) is 0. The quantitative estimate of drug-likeness (QED) is 0.563. The molecule has 0 N–H and O–H groups in total. The number of alkyl halides is 1. The van der Waals surface area contributed by atoms with Gasteiger partial charge in [0.2, 0.25) is 0 Å². The van der Waals surface area contributed by atoms with Crippen LogP contribution in [0.3, 0.4) is 0 Å². The Hall–Kier alpha value is -0.530. The van der Waals surface area contributed by atoms with Crippen molar-refractivity contribution in [3.8, 4) is 0 Å². The molecule has 1 aliphatic rings. The van der Waals surface area contributed by atoms with Crippen LogP contribution in [0.2, 0.25) is 0 Å². The fourth-order valence-corrected chi connectivity index (χ4v) is 4.41. The van der Waals surface area contributed by atoms with Crippen molar-refractivity contribution in [3.63, 3.8) is 0 Å². The van der Waals surface area contributed by atoms with Gasteiger partial charge in [0, 0.05) is 4.47 Å². The highest BCUT2D eigenvalue weighted by atomic mass is 79.9. The van der Waals surface area contributed by atoms with E-state index in [-0.39, 0.29) is 5.38 Å². The lowest BCUT2D eigenvalue weighted by Gasteiger charge is -2.23. The van der Waals surface area contributed by atoms with Gasteiger partial charge in [0.1, 0.15) is 0 Å². The number of hydrogen-bond donors (Lipinski definition) is 0. The Labute approximate surface area is 128 Å². The van der Waals surface area contributed by atoms with E-state index < -0.39 is 0 Å². The molecule has 0 aliphatic heterocycles. The third-order valence-electron chi connectivity index (χ3n) is 4.51. The lowest BCUT2D eigenvalue weighted by Crippen LogP contribution is -2.11. The fourth-order valence-electron chi connectivity index (χ4n) is 3.37. The smallest absolute Gasteiger partial charge is 0.0622 e. The number of rotatable bonds is 2. The average Bonchev–Trinajstić information content (AvgIpc) is 2.85. The predicted molar refractivity (Wildman–Crippen MR) is 86.7 cm³/mol. The molecule has 2 aromatic rings. The Morgan fingerprint density at radius 3 is 2.53 bits per heavy atom. The predicted octanol–water partition coefficient (Wildman–Crippen LogP) is 6.32. The van der Waals surface area contributed by atoms with E-state index in [2.05, 4.69) is 59.3 Å². The van der Waals surface area contributed by atoms with Gasteiger partial charge in [-0.25, -0.2) is 0 Å². The standard InChI is InChI=1S/C17H18BrCl/c1-11-5-4-8-12(11)17(19)15-9-10-16(18)14-7-3-2-6-13(14)15/h2-3,6-7,9-12,17H,4-5,8H2,1H3. The third-order valence-corrected chi connectivity index (χ3v) is 5.76. The zero-order valence-electron chi connectivity index (χ0n) is 11.1. The molecule has 2 aromatic carbocycles. The molecule has 19 heavy (non-hydrogen) atoms. The number of hydrogen-bond acceptors (Lipinski definition) is 0. The molecule has 0 heterocycles. The van der Waals surface area contributed by atoms with Crippen LogP contribution < -0.4 is 0 Å². The first-order valence-corrected chi connectivity index (χ1v) is 8.22. The molecule has 1 aliphatic carbocycles. The summed E-state index contributed by atoms with van der Waals surface area (Å²) in [6.45, 7) is 2.34. The van der Waals surface area contributed by atoms with E-state index in [4.69, 9.17) is 11.6 Å². The van der Waals surface area contributed by atoms with Crippen LogP contribution in [0.25, 0.3) is 10.8 Å². The Morgan fingerprint density at radius 2 is 1.84 bits per heavy atom. The number of fused-ring (bicyclic) bond motifs is 1. The number of halogens is 2. The van der Waals surface area contributed by atoms with Gasteiger partial charge in [-0.1, -0.05) is 66.0 Å². The van der Waals surface area contributed by atoms with Crippen molar-refractivity contribution in [3.05, 3.63) is 46.4 Å². The second-order valence-corrected chi connectivity index (χ2v) is 6.98. The van der Waals surface area contributed by atoms with E-state index in [1.807, 2.05) is 0 Å². The van der Waals surface area contributed by atoms with Crippen LogP contribution in [0.5, 0.6) is 0 Å². The van der Waals surface area contributed by atoms with Gasteiger partial charge >= 0.3 is 0 Å². The summed E-state index contributed by atoms with van der Waals surface area (Å²) in [4.78, 5) is 0. The van der Waals surface area contributed by atoms with E-state index in [1.165, 1.54) is 35.6 Å². The fraction of sp³-hybridized carbons (Fsp3) is 0.412. The maximum absolute atomic E-state index is 6.82. The molecule has 0 spiro atoms. The Morgan fingerprint density at radius 1 is 1.11 bits per heavy atom. The second-order valence-electron chi connectivity index (χ2n) is 5.66. The SMILES string of the molecule is CC1CCCC1C(Cl)c1ccc(Br)c2ccccc12. The van der Waals surface area contributed by atoms with Crippen LogP contribution in [0, 0.1) is 11.8 Å². The van der Waals surface area contributed by atoms with Crippen LogP contribution in [0.4, 0.5) is 0 Å². The largest absolute Gasteiger partial charge is 0.117 e. The Kier molecular flexibility index (Phi) is 3.86. The van der Waals surface area contributed by atoms with Gasteiger partial charge in [-0.15, -0.1) is 11.6 Å². The average molecular weight is 338 g/mol. The maximum Gasteiger partial charge on any atom is 0.0622 e. The maximum atomic E-state index is 6.82. The molecule has 100 valence electrons. The van der Waals surface area contributed by atoms with Crippen molar-refractivity contribution < 1.29 is 0 Å². The van der Waals surface area contributed by atoms with Gasteiger partial charge < -0.3 is 0 Å². The molecule has 1 saturated carbocycles. The molecular formula is C17H18BrCl.